The van der Waals surface area contributed by atoms with E-state index in [9.17, 15) is 9.59 Å². The van der Waals surface area contributed by atoms with Crippen molar-refractivity contribution in [1.29, 1.82) is 0 Å². The summed E-state index contributed by atoms with van der Waals surface area (Å²) < 4.78 is 1.96. The fraction of sp³-hybridized carbons (Fsp3) is 0.105. The first kappa shape index (κ1) is 16.4. The lowest BCUT2D eigenvalue weighted by atomic mass is 10.1. The summed E-state index contributed by atoms with van der Waals surface area (Å²) in [6.07, 6.45) is 1.70. The summed E-state index contributed by atoms with van der Waals surface area (Å²) in [6, 6.07) is 16.5. The highest BCUT2D eigenvalue weighted by Gasteiger charge is 2.29. The van der Waals surface area contributed by atoms with Crippen LogP contribution in [0.1, 0.15) is 26.9 Å². The van der Waals surface area contributed by atoms with Gasteiger partial charge in [-0.1, -0.05) is 30.3 Å². The maximum absolute atomic E-state index is 12.1. The molecule has 26 heavy (non-hydrogen) atoms. The molecule has 0 spiro atoms. The first-order valence-electron chi connectivity index (χ1n) is 8.01. The highest BCUT2D eigenvalue weighted by molar-refractivity contribution is 8.00. The van der Waals surface area contributed by atoms with Crippen molar-refractivity contribution in [2.45, 2.75) is 5.25 Å². The van der Waals surface area contributed by atoms with Gasteiger partial charge in [-0.25, -0.2) is 9.78 Å². The van der Waals surface area contributed by atoms with E-state index < -0.39 is 5.97 Å². The van der Waals surface area contributed by atoms with Crippen LogP contribution in [0.2, 0.25) is 0 Å². The van der Waals surface area contributed by atoms with E-state index in [0.29, 0.717) is 11.6 Å². The van der Waals surface area contributed by atoms with Gasteiger partial charge in [-0.3, -0.25) is 9.36 Å². The molecule has 6 nitrogen and oxygen atoms in total. The summed E-state index contributed by atoms with van der Waals surface area (Å²) in [5.74, 6) is -0.219. The van der Waals surface area contributed by atoms with Crippen molar-refractivity contribution in [1.82, 2.24) is 9.55 Å². The molecule has 2 heterocycles. The molecule has 0 bridgehead atoms. The van der Waals surface area contributed by atoms with Crippen molar-refractivity contribution in [3.8, 4) is 5.69 Å². The van der Waals surface area contributed by atoms with Crippen molar-refractivity contribution in [2.75, 3.05) is 11.1 Å². The standard InChI is InChI=1S/C19H15N3O3S/c23-15-10-26-17(12-6-8-13(9-7-12)19(24)25)16-18(21-15)20-11-22(16)14-4-2-1-3-5-14/h1-9,11,17H,10H2,(H,21,23)(H,24,25). The Kier molecular flexibility index (Phi) is 4.22. The van der Waals surface area contributed by atoms with Gasteiger partial charge in [0.15, 0.2) is 5.82 Å². The van der Waals surface area contributed by atoms with Crippen molar-refractivity contribution < 1.29 is 14.7 Å². The molecule has 0 radical (unpaired) electrons. The average molecular weight is 365 g/mol. The fourth-order valence-corrected chi connectivity index (χ4v) is 4.08. The number of carboxylic acids is 1. The lowest BCUT2D eigenvalue weighted by Gasteiger charge is -2.18. The molecule has 0 saturated carbocycles. The smallest absolute Gasteiger partial charge is 0.335 e. The van der Waals surface area contributed by atoms with Gasteiger partial charge in [0.25, 0.3) is 0 Å². The van der Waals surface area contributed by atoms with Crippen molar-refractivity contribution in [2.24, 2.45) is 0 Å². The highest BCUT2D eigenvalue weighted by Crippen LogP contribution is 2.42. The second kappa shape index (κ2) is 6.68. The molecule has 0 fully saturated rings. The summed E-state index contributed by atoms with van der Waals surface area (Å²) in [5, 5.41) is 11.8. The molecular formula is C19H15N3O3S. The third kappa shape index (κ3) is 2.97. The number of imidazole rings is 1. The zero-order valence-corrected chi connectivity index (χ0v) is 14.4. The van der Waals surface area contributed by atoms with E-state index in [2.05, 4.69) is 10.3 Å². The fourth-order valence-electron chi connectivity index (χ4n) is 2.96. The van der Waals surface area contributed by atoms with E-state index in [4.69, 9.17) is 5.11 Å². The zero-order chi connectivity index (χ0) is 18.1. The van der Waals surface area contributed by atoms with Crippen LogP contribution in [0.15, 0.2) is 60.9 Å². The van der Waals surface area contributed by atoms with Gasteiger partial charge in [0.1, 0.15) is 6.33 Å². The Bertz CT molecular complexity index is 967. The predicted molar refractivity (Wildman–Crippen MR) is 99.9 cm³/mol. The number of rotatable bonds is 3. The molecule has 1 aliphatic heterocycles. The number of aromatic carboxylic acids is 1. The number of carbonyl (C=O) groups is 2. The van der Waals surface area contributed by atoms with Crippen molar-refractivity contribution in [3.05, 3.63) is 77.7 Å². The van der Waals surface area contributed by atoms with Crippen LogP contribution in [0.25, 0.3) is 5.69 Å². The third-order valence-electron chi connectivity index (χ3n) is 4.19. The lowest BCUT2D eigenvalue weighted by molar-refractivity contribution is -0.113. The largest absolute Gasteiger partial charge is 0.478 e. The van der Waals surface area contributed by atoms with Crippen LogP contribution >= 0.6 is 11.8 Å². The molecule has 0 saturated heterocycles. The number of nitrogens with one attached hydrogen (secondary N) is 1. The third-order valence-corrected chi connectivity index (χ3v) is 5.44. The molecule has 3 aromatic rings. The minimum atomic E-state index is -0.961. The number of amides is 1. The summed E-state index contributed by atoms with van der Waals surface area (Å²) >= 11 is 1.50. The van der Waals surface area contributed by atoms with Crippen LogP contribution in [0.3, 0.4) is 0 Å². The zero-order valence-electron chi connectivity index (χ0n) is 13.6. The predicted octanol–water partition coefficient (Wildman–Crippen LogP) is 3.35. The number of anilines is 1. The molecular weight excluding hydrogens is 350 g/mol. The van der Waals surface area contributed by atoms with E-state index in [-0.39, 0.29) is 16.7 Å². The first-order valence-corrected chi connectivity index (χ1v) is 9.06. The molecule has 1 amide bonds. The molecule has 1 aromatic heterocycles. The second-order valence-corrected chi connectivity index (χ2v) is 6.94. The number of carbonyl (C=O) groups excluding carboxylic acids is 1. The Morgan fingerprint density at radius 1 is 1.15 bits per heavy atom. The topological polar surface area (TPSA) is 84.2 Å². The average Bonchev–Trinajstić information content (AvgIpc) is 2.98. The molecule has 0 aliphatic carbocycles. The van der Waals surface area contributed by atoms with E-state index in [0.717, 1.165) is 16.9 Å². The first-order chi connectivity index (χ1) is 12.6. The van der Waals surface area contributed by atoms with Gasteiger partial charge in [0, 0.05) is 5.69 Å². The second-order valence-electron chi connectivity index (χ2n) is 5.85. The minimum Gasteiger partial charge on any atom is -0.478 e. The molecule has 2 N–H and O–H groups in total. The summed E-state index contributed by atoms with van der Waals surface area (Å²) in [6.45, 7) is 0. The van der Waals surface area contributed by atoms with Crippen LogP contribution in [-0.4, -0.2) is 32.3 Å². The summed E-state index contributed by atoms with van der Waals surface area (Å²) in [7, 11) is 0. The lowest BCUT2D eigenvalue weighted by Crippen LogP contribution is -2.12. The van der Waals surface area contributed by atoms with Crippen LogP contribution < -0.4 is 5.32 Å². The Hall–Kier alpha value is -3.06. The highest BCUT2D eigenvalue weighted by atomic mass is 32.2. The van der Waals surface area contributed by atoms with Gasteiger partial charge in [0.2, 0.25) is 5.91 Å². The molecule has 130 valence electrons. The molecule has 1 unspecified atom stereocenters. The molecule has 4 rings (SSSR count). The number of hydrogen-bond donors (Lipinski definition) is 2. The van der Waals surface area contributed by atoms with Gasteiger partial charge >= 0.3 is 5.97 Å². The number of hydrogen-bond acceptors (Lipinski definition) is 4. The van der Waals surface area contributed by atoms with Crippen molar-refractivity contribution >= 4 is 29.5 Å². The monoisotopic (exact) mass is 365 g/mol. The Labute approximate surface area is 153 Å². The van der Waals surface area contributed by atoms with Gasteiger partial charge in [-0.05, 0) is 29.8 Å². The van der Waals surface area contributed by atoms with Gasteiger partial charge in [-0.15, -0.1) is 11.8 Å². The Morgan fingerprint density at radius 2 is 1.88 bits per heavy atom. The van der Waals surface area contributed by atoms with E-state index >= 15 is 0 Å². The van der Waals surface area contributed by atoms with E-state index in [1.807, 2.05) is 34.9 Å². The van der Waals surface area contributed by atoms with Crippen LogP contribution in [0.4, 0.5) is 5.82 Å². The van der Waals surface area contributed by atoms with Gasteiger partial charge in [-0.2, -0.15) is 0 Å². The number of fused-ring (bicyclic) bond motifs is 1. The number of para-hydroxylation sites is 1. The maximum atomic E-state index is 12.1. The molecule has 2 aromatic carbocycles. The maximum Gasteiger partial charge on any atom is 0.335 e. The number of thioether (sulfide) groups is 1. The van der Waals surface area contributed by atoms with Crippen molar-refractivity contribution in [3.63, 3.8) is 0 Å². The molecule has 1 aliphatic rings. The van der Waals surface area contributed by atoms with E-state index in [1.165, 1.54) is 11.8 Å². The van der Waals surface area contributed by atoms with Crippen LogP contribution in [0, 0.1) is 0 Å². The molecule has 7 heteroatoms. The molecule has 1 atom stereocenters. The summed E-state index contributed by atoms with van der Waals surface area (Å²) in [4.78, 5) is 27.6. The van der Waals surface area contributed by atoms with Gasteiger partial charge in [0.05, 0.1) is 22.3 Å². The minimum absolute atomic E-state index is 0.0979. The van der Waals surface area contributed by atoms with E-state index in [1.54, 1.807) is 30.6 Å². The normalized spacial score (nSPS) is 16.5. The SMILES string of the molecule is O=C1CSC(c2ccc(C(=O)O)cc2)c2c(ncn2-c2ccccc2)N1. The number of aromatic nitrogens is 2. The van der Waals surface area contributed by atoms with Crippen LogP contribution in [-0.2, 0) is 4.79 Å². The van der Waals surface area contributed by atoms with Crippen LogP contribution in [0.5, 0.6) is 0 Å². The Balaban J connectivity index is 1.83. The quantitative estimate of drug-likeness (QED) is 0.744. The Morgan fingerprint density at radius 3 is 2.58 bits per heavy atom. The number of carboxylic acid groups (broad SMARTS) is 1. The van der Waals surface area contributed by atoms with Gasteiger partial charge < -0.3 is 10.4 Å². The number of nitrogens with zero attached hydrogens (tertiary/aromatic N) is 2. The summed E-state index contributed by atoms with van der Waals surface area (Å²) in [5.41, 5.74) is 2.98. The number of benzene rings is 2.